The Bertz CT molecular complexity index is 892. The van der Waals surface area contributed by atoms with Gasteiger partial charge in [0.1, 0.15) is 5.82 Å². The molecule has 2 fully saturated rings. The Labute approximate surface area is 155 Å². The van der Waals surface area contributed by atoms with Gasteiger partial charge in [-0.2, -0.15) is 0 Å². The molecule has 146 valence electrons. The second-order valence-corrected chi connectivity index (χ2v) is 7.40. The summed E-state index contributed by atoms with van der Waals surface area (Å²) >= 11 is 0. The van der Waals surface area contributed by atoms with Crippen LogP contribution in [0.4, 0.5) is 9.18 Å². The van der Waals surface area contributed by atoms with Crippen LogP contribution in [0, 0.1) is 11.7 Å². The maximum Gasteiger partial charge on any atom is 0.326 e. The van der Waals surface area contributed by atoms with Crippen LogP contribution in [-0.4, -0.2) is 46.7 Å². The zero-order chi connectivity index (χ0) is 19.0. The molecule has 0 saturated carbocycles. The van der Waals surface area contributed by atoms with Crippen LogP contribution < -0.4 is 16.9 Å². The van der Waals surface area contributed by atoms with Gasteiger partial charge >= 0.3 is 11.7 Å². The van der Waals surface area contributed by atoms with Gasteiger partial charge in [-0.25, -0.2) is 19.5 Å². The number of nitrogens with one attached hydrogen (secondary N) is 2. The summed E-state index contributed by atoms with van der Waals surface area (Å²) in [6.45, 7) is 2.10. The number of aromatic nitrogens is 2. The van der Waals surface area contributed by atoms with Crippen molar-refractivity contribution >= 4 is 17.1 Å². The van der Waals surface area contributed by atoms with Crippen LogP contribution in [-0.2, 0) is 10.4 Å². The highest BCUT2D eigenvalue weighted by Gasteiger charge is 2.45. The molecule has 4 N–H and O–H groups in total. The Kier molecular flexibility index (Phi) is 4.65. The fraction of sp³-hybridized carbons (Fsp3) is 0.556. The number of halogens is 1. The molecule has 0 spiro atoms. The number of aromatic amines is 1. The van der Waals surface area contributed by atoms with Crippen molar-refractivity contribution in [2.45, 2.75) is 31.2 Å². The van der Waals surface area contributed by atoms with E-state index in [1.165, 1.54) is 12.1 Å². The van der Waals surface area contributed by atoms with Gasteiger partial charge in [-0.05, 0) is 43.9 Å². The molecule has 0 aliphatic carbocycles. The summed E-state index contributed by atoms with van der Waals surface area (Å²) in [6, 6.07) is 3.86. The van der Waals surface area contributed by atoms with Crippen LogP contribution in [0.5, 0.6) is 0 Å². The van der Waals surface area contributed by atoms with Crippen LogP contribution in [0.2, 0.25) is 0 Å². The lowest BCUT2D eigenvalue weighted by Gasteiger charge is -2.46. The first kappa shape index (κ1) is 18.0. The number of urea groups is 1. The number of piperidine rings is 1. The third kappa shape index (κ3) is 3.10. The van der Waals surface area contributed by atoms with Crippen LogP contribution in [0.1, 0.15) is 25.7 Å². The average Bonchev–Trinajstić information content (AvgIpc) is 2.83. The van der Waals surface area contributed by atoms with Crippen molar-refractivity contribution in [3.05, 3.63) is 34.5 Å². The smallest absolute Gasteiger partial charge is 0.326 e. The highest BCUT2D eigenvalue weighted by Crippen LogP contribution is 2.41. The summed E-state index contributed by atoms with van der Waals surface area (Å²) in [5.41, 5.74) is 8.69. The molecule has 2 aliphatic rings. The molecule has 4 rings (SSSR count). The molecule has 2 aromatic rings. The number of nitrogens with zero attached hydrogens (tertiary/aromatic N) is 2. The van der Waals surface area contributed by atoms with Crippen LogP contribution in [0.3, 0.4) is 0 Å². The molecule has 9 heteroatoms. The quantitative estimate of drug-likeness (QED) is 0.733. The summed E-state index contributed by atoms with van der Waals surface area (Å²) < 4.78 is 15.7. The third-order valence-electron chi connectivity index (χ3n) is 6.01. The molecule has 27 heavy (non-hydrogen) atoms. The molecule has 2 amide bonds. The van der Waals surface area contributed by atoms with Gasteiger partial charge in [-0.3, -0.25) is 4.57 Å². The molecule has 3 heterocycles. The summed E-state index contributed by atoms with van der Waals surface area (Å²) in [6.07, 6.45) is 2.91. The number of fused-ring (bicyclic) bond motifs is 1. The van der Waals surface area contributed by atoms with Crippen molar-refractivity contribution in [2.75, 3.05) is 26.2 Å². The first-order valence-corrected chi connectivity index (χ1v) is 9.31. The van der Waals surface area contributed by atoms with Gasteiger partial charge in [-0.15, -0.1) is 0 Å². The molecule has 0 bridgehead atoms. The SMILES string of the molecule is NC(=O)N1CCC(C2CCCNOC2)(n2c(=O)[nH]c3ccc(F)cc32)CC1. The lowest BCUT2D eigenvalue weighted by Crippen LogP contribution is -2.56. The zero-order valence-corrected chi connectivity index (χ0v) is 15.0. The van der Waals surface area contributed by atoms with Gasteiger partial charge in [0.05, 0.1) is 23.2 Å². The second kappa shape index (κ2) is 6.97. The Morgan fingerprint density at radius 3 is 2.85 bits per heavy atom. The predicted octanol–water partition coefficient (Wildman–Crippen LogP) is 1.27. The minimum Gasteiger partial charge on any atom is -0.351 e. The Morgan fingerprint density at radius 2 is 2.11 bits per heavy atom. The van der Waals surface area contributed by atoms with Gasteiger partial charge in [0.2, 0.25) is 0 Å². The largest absolute Gasteiger partial charge is 0.351 e. The van der Waals surface area contributed by atoms with E-state index in [1.807, 2.05) is 0 Å². The Hall–Kier alpha value is -2.39. The topological polar surface area (TPSA) is 105 Å². The van der Waals surface area contributed by atoms with Crippen molar-refractivity contribution < 1.29 is 14.0 Å². The second-order valence-electron chi connectivity index (χ2n) is 7.40. The van der Waals surface area contributed by atoms with Crippen molar-refractivity contribution in [2.24, 2.45) is 11.7 Å². The molecular weight excluding hydrogens is 353 g/mol. The fourth-order valence-electron chi connectivity index (χ4n) is 4.61. The minimum absolute atomic E-state index is 0.0579. The van der Waals surface area contributed by atoms with Gasteiger partial charge in [0, 0.05) is 25.6 Å². The van der Waals surface area contributed by atoms with E-state index in [9.17, 15) is 14.0 Å². The Balaban J connectivity index is 1.84. The van der Waals surface area contributed by atoms with E-state index in [1.54, 1.807) is 15.5 Å². The van der Waals surface area contributed by atoms with Crippen LogP contribution >= 0.6 is 0 Å². The van der Waals surface area contributed by atoms with E-state index in [0.29, 0.717) is 43.6 Å². The van der Waals surface area contributed by atoms with Crippen molar-refractivity contribution in [1.29, 1.82) is 0 Å². The summed E-state index contributed by atoms with van der Waals surface area (Å²) in [4.78, 5) is 34.5. The van der Waals surface area contributed by atoms with E-state index in [-0.39, 0.29) is 11.6 Å². The van der Waals surface area contributed by atoms with E-state index in [0.717, 1.165) is 19.4 Å². The lowest BCUT2D eigenvalue weighted by molar-refractivity contribution is -0.0184. The monoisotopic (exact) mass is 377 g/mol. The summed E-state index contributed by atoms with van der Waals surface area (Å²) in [5.74, 6) is -0.332. The average molecular weight is 377 g/mol. The summed E-state index contributed by atoms with van der Waals surface area (Å²) in [7, 11) is 0. The first-order chi connectivity index (χ1) is 13.0. The van der Waals surface area contributed by atoms with Gasteiger partial charge < -0.3 is 20.5 Å². The maximum absolute atomic E-state index is 14.0. The molecule has 2 saturated heterocycles. The first-order valence-electron chi connectivity index (χ1n) is 9.31. The number of primary amides is 1. The van der Waals surface area contributed by atoms with E-state index in [4.69, 9.17) is 10.6 Å². The molecule has 1 atom stereocenters. The molecule has 1 aromatic heterocycles. The van der Waals surface area contributed by atoms with Crippen molar-refractivity contribution in [3.63, 3.8) is 0 Å². The summed E-state index contributed by atoms with van der Waals surface area (Å²) in [5, 5.41) is 0. The number of carbonyl (C=O) groups is 1. The highest BCUT2D eigenvalue weighted by atomic mass is 19.1. The maximum atomic E-state index is 14.0. The number of nitrogens with two attached hydrogens (primary N) is 1. The van der Waals surface area contributed by atoms with Gasteiger partial charge in [0.15, 0.2) is 0 Å². The fourth-order valence-corrected chi connectivity index (χ4v) is 4.61. The Morgan fingerprint density at radius 1 is 1.33 bits per heavy atom. The number of hydrogen-bond donors (Lipinski definition) is 3. The zero-order valence-electron chi connectivity index (χ0n) is 15.0. The van der Waals surface area contributed by atoms with E-state index in [2.05, 4.69) is 10.5 Å². The minimum atomic E-state index is -0.568. The number of hydroxylamine groups is 1. The number of hydrogen-bond acceptors (Lipinski definition) is 4. The molecule has 1 aromatic carbocycles. The molecule has 2 aliphatic heterocycles. The van der Waals surface area contributed by atoms with Crippen LogP contribution in [0.25, 0.3) is 11.0 Å². The number of benzene rings is 1. The van der Waals surface area contributed by atoms with Gasteiger partial charge in [0.25, 0.3) is 0 Å². The number of imidazole rings is 1. The third-order valence-corrected chi connectivity index (χ3v) is 6.01. The number of likely N-dealkylation sites (tertiary alicyclic amines) is 1. The number of rotatable bonds is 2. The van der Waals surface area contributed by atoms with E-state index >= 15 is 0 Å². The highest BCUT2D eigenvalue weighted by molar-refractivity contribution is 5.76. The van der Waals surface area contributed by atoms with E-state index < -0.39 is 17.4 Å². The molecule has 8 nitrogen and oxygen atoms in total. The normalized spacial score (nSPS) is 23.3. The number of amides is 2. The van der Waals surface area contributed by atoms with Gasteiger partial charge in [-0.1, -0.05) is 0 Å². The number of carbonyl (C=O) groups excluding carboxylic acids is 1. The standard InChI is InChI=1S/C18H24FN5O3/c19-13-3-4-14-15(10-13)24(17(26)22-14)18(12-2-1-7-21-27-11-12)5-8-23(9-6-18)16(20)25/h3-4,10,12,21H,1-2,5-9,11H2,(H2,20,25)(H,22,26). The molecular formula is C18H24FN5O3. The predicted molar refractivity (Wildman–Crippen MR) is 97.6 cm³/mol. The molecule has 0 radical (unpaired) electrons. The van der Waals surface area contributed by atoms with Crippen molar-refractivity contribution in [1.82, 2.24) is 19.9 Å². The van der Waals surface area contributed by atoms with Crippen molar-refractivity contribution in [3.8, 4) is 0 Å². The van der Waals surface area contributed by atoms with Crippen LogP contribution in [0.15, 0.2) is 23.0 Å². The molecule has 1 unspecified atom stereocenters. The lowest BCUT2D eigenvalue weighted by atomic mass is 9.74. The number of H-pyrrole nitrogens is 1.